The van der Waals surface area contributed by atoms with Crippen LogP contribution < -0.4 is 10.6 Å². The summed E-state index contributed by atoms with van der Waals surface area (Å²) in [7, 11) is 1.93. The summed E-state index contributed by atoms with van der Waals surface area (Å²) in [6.07, 6.45) is 1.05. The van der Waals surface area contributed by atoms with Crippen LogP contribution in [0.25, 0.3) is 0 Å². The minimum atomic E-state index is -0.490. The fourth-order valence-corrected chi connectivity index (χ4v) is 2.37. The molecule has 0 bridgehead atoms. The molecule has 0 saturated carbocycles. The molecule has 1 aromatic carbocycles. The number of hydrogen-bond donors (Lipinski definition) is 2. The van der Waals surface area contributed by atoms with Crippen LogP contribution >= 0.6 is 24.0 Å². The van der Waals surface area contributed by atoms with E-state index in [4.69, 9.17) is 11.6 Å². The maximum Gasteiger partial charge on any atom is 0.238 e. The number of carbonyl (C=O) groups is 1. The van der Waals surface area contributed by atoms with E-state index in [9.17, 15) is 9.18 Å². The topological polar surface area (TPSA) is 44.4 Å². The molecule has 0 aromatic heterocycles. The van der Waals surface area contributed by atoms with Gasteiger partial charge in [-0.3, -0.25) is 9.69 Å². The van der Waals surface area contributed by atoms with Gasteiger partial charge in [-0.1, -0.05) is 11.6 Å². The molecule has 2 rings (SSSR count). The number of likely N-dealkylation sites (tertiary alicyclic amines) is 1. The van der Waals surface area contributed by atoms with Crippen LogP contribution in [0.5, 0.6) is 0 Å². The van der Waals surface area contributed by atoms with E-state index < -0.39 is 5.82 Å². The van der Waals surface area contributed by atoms with E-state index in [1.807, 2.05) is 7.05 Å². The van der Waals surface area contributed by atoms with Crippen LogP contribution in [0.1, 0.15) is 6.42 Å². The van der Waals surface area contributed by atoms with Gasteiger partial charge in [0.15, 0.2) is 0 Å². The third kappa shape index (κ3) is 4.59. The molecule has 0 radical (unpaired) electrons. The van der Waals surface area contributed by atoms with Gasteiger partial charge in [0.2, 0.25) is 5.91 Å². The molecule has 1 aromatic rings. The van der Waals surface area contributed by atoms with Crippen LogP contribution in [0.4, 0.5) is 10.1 Å². The standard InChI is InChI=1S/C13H17ClFN3O.ClH/c1-16-10-4-5-18(7-10)8-13(19)17-9-2-3-12(15)11(14)6-9;/h2-3,6,10,16H,4-5,7-8H2,1H3,(H,17,19);1H. The van der Waals surface area contributed by atoms with Gasteiger partial charge >= 0.3 is 0 Å². The van der Waals surface area contributed by atoms with E-state index in [2.05, 4.69) is 15.5 Å². The molecule has 0 aliphatic carbocycles. The molecule has 1 heterocycles. The van der Waals surface area contributed by atoms with Crippen molar-refractivity contribution in [3.63, 3.8) is 0 Å². The lowest BCUT2D eigenvalue weighted by Gasteiger charge is -2.15. The Morgan fingerprint density at radius 2 is 2.30 bits per heavy atom. The zero-order valence-electron chi connectivity index (χ0n) is 11.2. The number of carbonyl (C=O) groups excluding carboxylic acids is 1. The fourth-order valence-electron chi connectivity index (χ4n) is 2.19. The molecule has 1 saturated heterocycles. The average Bonchev–Trinajstić information content (AvgIpc) is 2.81. The molecule has 1 aliphatic rings. The summed E-state index contributed by atoms with van der Waals surface area (Å²) in [5, 5.41) is 5.92. The molecule has 20 heavy (non-hydrogen) atoms. The number of halogens is 3. The fraction of sp³-hybridized carbons (Fsp3) is 0.462. The number of benzene rings is 1. The molecule has 1 aliphatic heterocycles. The molecule has 1 atom stereocenters. The number of amides is 1. The number of nitrogens with zero attached hydrogens (tertiary/aromatic N) is 1. The number of anilines is 1. The Hall–Kier alpha value is -0.880. The predicted octanol–water partition coefficient (Wildman–Crippen LogP) is 2.13. The third-order valence-corrected chi connectivity index (χ3v) is 3.54. The Morgan fingerprint density at radius 3 is 2.90 bits per heavy atom. The van der Waals surface area contributed by atoms with Crippen LogP contribution in [0.2, 0.25) is 5.02 Å². The largest absolute Gasteiger partial charge is 0.325 e. The van der Waals surface area contributed by atoms with Crippen LogP contribution in [0.3, 0.4) is 0 Å². The Labute approximate surface area is 129 Å². The monoisotopic (exact) mass is 321 g/mol. The molecule has 1 unspecified atom stereocenters. The second kappa shape index (κ2) is 7.78. The van der Waals surface area contributed by atoms with Crippen molar-refractivity contribution in [3.05, 3.63) is 29.0 Å². The van der Waals surface area contributed by atoms with E-state index in [-0.39, 0.29) is 23.3 Å². The number of hydrogen-bond acceptors (Lipinski definition) is 3. The minimum Gasteiger partial charge on any atom is -0.325 e. The summed E-state index contributed by atoms with van der Waals surface area (Å²) >= 11 is 5.66. The SMILES string of the molecule is CNC1CCN(CC(=O)Nc2ccc(F)c(Cl)c2)C1.Cl. The normalized spacial score (nSPS) is 18.6. The second-order valence-electron chi connectivity index (χ2n) is 4.69. The molecular formula is C13H18Cl2FN3O. The third-order valence-electron chi connectivity index (χ3n) is 3.25. The molecule has 1 fully saturated rings. The van der Waals surface area contributed by atoms with Crippen LogP contribution in [-0.2, 0) is 4.79 Å². The maximum atomic E-state index is 13.0. The van der Waals surface area contributed by atoms with Gasteiger partial charge in [0.05, 0.1) is 11.6 Å². The second-order valence-corrected chi connectivity index (χ2v) is 5.09. The average molecular weight is 322 g/mol. The molecule has 112 valence electrons. The Morgan fingerprint density at radius 1 is 1.55 bits per heavy atom. The highest BCUT2D eigenvalue weighted by atomic mass is 35.5. The number of rotatable bonds is 4. The maximum absolute atomic E-state index is 13.0. The highest BCUT2D eigenvalue weighted by molar-refractivity contribution is 6.31. The molecule has 1 amide bonds. The van der Waals surface area contributed by atoms with Gasteiger partial charge in [-0.05, 0) is 31.7 Å². The summed E-state index contributed by atoms with van der Waals surface area (Å²) in [6, 6.07) is 4.60. The summed E-state index contributed by atoms with van der Waals surface area (Å²) in [6.45, 7) is 2.12. The lowest BCUT2D eigenvalue weighted by molar-refractivity contribution is -0.117. The Bertz CT molecular complexity index is 473. The summed E-state index contributed by atoms with van der Waals surface area (Å²) in [5.74, 6) is -0.601. The van der Waals surface area contributed by atoms with Crippen LogP contribution in [0, 0.1) is 5.82 Å². The zero-order valence-corrected chi connectivity index (χ0v) is 12.7. The van der Waals surface area contributed by atoms with Gasteiger partial charge in [-0.2, -0.15) is 0 Å². The highest BCUT2D eigenvalue weighted by Crippen LogP contribution is 2.19. The van der Waals surface area contributed by atoms with Crippen molar-refractivity contribution in [2.24, 2.45) is 0 Å². The van der Waals surface area contributed by atoms with Gasteiger partial charge in [0, 0.05) is 24.8 Å². The minimum absolute atomic E-state index is 0. The van der Waals surface area contributed by atoms with Crippen molar-refractivity contribution >= 4 is 35.6 Å². The first-order chi connectivity index (χ1) is 9.08. The van der Waals surface area contributed by atoms with E-state index in [0.717, 1.165) is 19.5 Å². The first-order valence-corrected chi connectivity index (χ1v) is 6.61. The Kier molecular flexibility index (Phi) is 6.68. The van der Waals surface area contributed by atoms with Gasteiger partial charge in [0.25, 0.3) is 0 Å². The van der Waals surface area contributed by atoms with Crippen molar-refractivity contribution in [3.8, 4) is 0 Å². The van der Waals surface area contributed by atoms with Crippen molar-refractivity contribution in [1.29, 1.82) is 0 Å². The van der Waals surface area contributed by atoms with Crippen LogP contribution in [0.15, 0.2) is 18.2 Å². The van der Waals surface area contributed by atoms with E-state index in [1.54, 1.807) is 0 Å². The predicted molar refractivity (Wildman–Crippen MR) is 81.2 cm³/mol. The Balaban J connectivity index is 0.00000200. The molecule has 4 nitrogen and oxygen atoms in total. The van der Waals surface area contributed by atoms with E-state index in [0.29, 0.717) is 18.3 Å². The molecular weight excluding hydrogens is 304 g/mol. The molecule has 2 N–H and O–H groups in total. The zero-order chi connectivity index (χ0) is 13.8. The first-order valence-electron chi connectivity index (χ1n) is 6.23. The van der Waals surface area contributed by atoms with E-state index in [1.165, 1.54) is 18.2 Å². The quantitative estimate of drug-likeness (QED) is 0.893. The van der Waals surface area contributed by atoms with Crippen molar-refractivity contribution < 1.29 is 9.18 Å². The highest BCUT2D eigenvalue weighted by Gasteiger charge is 2.22. The lowest BCUT2D eigenvalue weighted by atomic mass is 10.3. The van der Waals surface area contributed by atoms with Crippen molar-refractivity contribution in [2.45, 2.75) is 12.5 Å². The van der Waals surface area contributed by atoms with Gasteiger partial charge in [-0.25, -0.2) is 4.39 Å². The summed E-state index contributed by atoms with van der Waals surface area (Å²) in [5.41, 5.74) is 0.515. The molecule has 0 spiro atoms. The summed E-state index contributed by atoms with van der Waals surface area (Å²) in [4.78, 5) is 13.9. The number of likely N-dealkylation sites (N-methyl/N-ethyl adjacent to an activating group) is 1. The van der Waals surface area contributed by atoms with Gasteiger partial charge < -0.3 is 10.6 Å². The van der Waals surface area contributed by atoms with Gasteiger partial charge in [-0.15, -0.1) is 12.4 Å². The number of nitrogens with one attached hydrogen (secondary N) is 2. The smallest absolute Gasteiger partial charge is 0.238 e. The van der Waals surface area contributed by atoms with Crippen molar-refractivity contribution in [1.82, 2.24) is 10.2 Å². The van der Waals surface area contributed by atoms with Crippen molar-refractivity contribution in [2.75, 3.05) is 32.0 Å². The van der Waals surface area contributed by atoms with E-state index >= 15 is 0 Å². The van der Waals surface area contributed by atoms with Crippen LogP contribution in [-0.4, -0.2) is 43.5 Å². The summed E-state index contributed by atoms with van der Waals surface area (Å²) < 4.78 is 13.0. The molecule has 7 heteroatoms. The lowest BCUT2D eigenvalue weighted by Crippen LogP contribution is -2.34. The van der Waals surface area contributed by atoms with Gasteiger partial charge in [0.1, 0.15) is 5.82 Å². The first kappa shape index (κ1) is 17.2.